The molecule has 0 amide bonds. The van der Waals surface area contributed by atoms with Crippen molar-refractivity contribution < 1.29 is 9.13 Å². The van der Waals surface area contributed by atoms with Gasteiger partial charge in [0.05, 0.1) is 23.9 Å². The molecule has 2 aromatic carbocycles. The number of aromatic amines is 1. The maximum Gasteiger partial charge on any atom is 0.129 e. The summed E-state index contributed by atoms with van der Waals surface area (Å²) in [4.78, 5) is 3.32. The summed E-state index contributed by atoms with van der Waals surface area (Å²) >= 11 is 0. The van der Waals surface area contributed by atoms with Crippen LogP contribution < -0.4 is 0 Å². The van der Waals surface area contributed by atoms with Gasteiger partial charge in [-0.15, -0.1) is 0 Å². The zero-order valence-corrected chi connectivity index (χ0v) is 11.8. The van der Waals surface area contributed by atoms with Crippen molar-refractivity contribution in [3.05, 3.63) is 70.7 Å². The first-order valence-electron chi connectivity index (χ1n) is 7.19. The van der Waals surface area contributed by atoms with Crippen LogP contribution in [0.25, 0.3) is 10.9 Å². The summed E-state index contributed by atoms with van der Waals surface area (Å²) < 4.78 is 19.9. The number of fused-ring (bicyclic) bond motifs is 3. The summed E-state index contributed by atoms with van der Waals surface area (Å²) in [6.45, 7) is 0.513. The van der Waals surface area contributed by atoms with Gasteiger partial charge in [0, 0.05) is 16.5 Å². The molecule has 1 atom stereocenters. The molecule has 0 saturated heterocycles. The summed E-state index contributed by atoms with van der Waals surface area (Å²) in [7, 11) is 0. The molecule has 0 fully saturated rings. The molecule has 0 spiro atoms. The van der Waals surface area contributed by atoms with Crippen molar-refractivity contribution in [1.29, 1.82) is 5.26 Å². The molecule has 4 heteroatoms. The number of ether oxygens (including phenoxy) is 1. The third kappa shape index (κ3) is 1.83. The van der Waals surface area contributed by atoms with Gasteiger partial charge < -0.3 is 9.72 Å². The van der Waals surface area contributed by atoms with Gasteiger partial charge in [-0.3, -0.25) is 0 Å². The maximum absolute atomic E-state index is 14.1. The number of benzene rings is 2. The Labute approximate surface area is 127 Å². The van der Waals surface area contributed by atoms with Crippen LogP contribution in [0.5, 0.6) is 0 Å². The lowest BCUT2D eigenvalue weighted by atomic mass is 9.96. The summed E-state index contributed by atoms with van der Waals surface area (Å²) in [6.07, 6.45) is 0.266. The number of nitrogens with zero attached hydrogens (tertiary/aromatic N) is 1. The lowest BCUT2D eigenvalue weighted by Crippen LogP contribution is -2.18. The monoisotopic (exact) mass is 292 g/mol. The van der Waals surface area contributed by atoms with E-state index >= 15 is 0 Å². The molecule has 22 heavy (non-hydrogen) atoms. The predicted molar refractivity (Wildman–Crippen MR) is 80.9 cm³/mol. The highest BCUT2D eigenvalue weighted by Crippen LogP contribution is 2.38. The van der Waals surface area contributed by atoms with Crippen LogP contribution in [-0.2, 0) is 11.2 Å². The van der Waals surface area contributed by atoms with E-state index in [1.807, 2.05) is 18.2 Å². The van der Waals surface area contributed by atoms with Gasteiger partial charge in [0.15, 0.2) is 0 Å². The van der Waals surface area contributed by atoms with Crippen LogP contribution >= 0.6 is 0 Å². The van der Waals surface area contributed by atoms with Crippen LogP contribution in [0.4, 0.5) is 4.39 Å². The number of hydrogen-bond donors (Lipinski definition) is 1. The van der Waals surface area contributed by atoms with Gasteiger partial charge in [-0.05, 0) is 30.2 Å². The Bertz CT molecular complexity index is 907. The normalized spacial score (nSPS) is 17.2. The molecule has 1 aliphatic heterocycles. The quantitative estimate of drug-likeness (QED) is 0.740. The summed E-state index contributed by atoms with van der Waals surface area (Å²) in [5.41, 5.74) is 3.98. The van der Waals surface area contributed by atoms with Gasteiger partial charge in [0.2, 0.25) is 0 Å². The molecule has 0 radical (unpaired) electrons. The van der Waals surface area contributed by atoms with Gasteiger partial charge in [-0.25, -0.2) is 4.39 Å². The minimum atomic E-state index is -0.455. The van der Waals surface area contributed by atoms with Crippen LogP contribution in [0.3, 0.4) is 0 Å². The van der Waals surface area contributed by atoms with Gasteiger partial charge in [0.25, 0.3) is 0 Å². The first-order chi connectivity index (χ1) is 10.8. The topological polar surface area (TPSA) is 48.8 Å². The first-order valence-corrected chi connectivity index (χ1v) is 7.19. The number of nitriles is 1. The van der Waals surface area contributed by atoms with Gasteiger partial charge in [-0.2, -0.15) is 5.26 Å². The third-order valence-electron chi connectivity index (χ3n) is 4.17. The summed E-state index contributed by atoms with van der Waals surface area (Å²) in [6, 6.07) is 14.5. The largest absolute Gasteiger partial charge is 0.367 e. The number of nitrogens with one attached hydrogen (secondary N) is 1. The van der Waals surface area contributed by atoms with Gasteiger partial charge >= 0.3 is 0 Å². The molecular weight excluding hydrogens is 279 g/mol. The minimum Gasteiger partial charge on any atom is -0.367 e. The van der Waals surface area contributed by atoms with E-state index in [1.165, 1.54) is 6.07 Å². The van der Waals surface area contributed by atoms with Crippen LogP contribution in [-0.4, -0.2) is 11.6 Å². The fourth-order valence-electron chi connectivity index (χ4n) is 3.21. The molecule has 0 aliphatic carbocycles. The van der Waals surface area contributed by atoms with E-state index in [9.17, 15) is 9.65 Å². The summed E-state index contributed by atoms with van der Waals surface area (Å²) in [5.74, 6) is -0.278. The van der Waals surface area contributed by atoms with Crippen molar-refractivity contribution in [2.75, 3.05) is 6.61 Å². The first kappa shape index (κ1) is 13.1. The van der Waals surface area contributed by atoms with Crippen LogP contribution in [0.15, 0.2) is 42.5 Å². The number of hydrogen-bond acceptors (Lipinski definition) is 2. The molecule has 3 aromatic rings. The standard InChI is InChI=1S/C18H13FN2O/c19-14-6-2-1-5-12(14)18-17-13(8-9-22-18)16-11(10-20)4-3-7-15(16)21-17/h1-7,18,21H,8-9H2. The smallest absolute Gasteiger partial charge is 0.129 e. The Hall–Kier alpha value is -2.64. The lowest BCUT2D eigenvalue weighted by molar-refractivity contribution is 0.0653. The van der Waals surface area contributed by atoms with E-state index in [0.717, 1.165) is 28.6 Å². The average Bonchev–Trinajstić information content (AvgIpc) is 2.94. The Morgan fingerprint density at radius 2 is 2.05 bits per heavy atom. The highest BCUT2D eigenvalue weighted by molar-refractivity contribution is 5.90. The lowest BCUT2D eigenvalue weighted by Gasteiger charge is -2.24. The molecule has 1 N–H and O–H groups in total. The molecular formula is C18H13FN2O. The van der Waals surface area contributed by atoms with E-state index in [0.29, 0.717) is 17.7 Å². The molecule has 1 aromatic heterocycles. The molecule has 1 unspecified atom stereocenters. The predicted octanol–water partition coefficient (Wildman–Crippen LogP) is 3.84. The van der Waals surface area contributed by atoms with Crippen molar-refractivity contribution in [2.24, 2.45) is 0 Å². The van der Waals surface area contributed by atoms with Crippen LogP contribution in [0.2, 0.25) is 0 Å². The highest BCUT2D eigenvalue weighted by atomic mass is 19.1. The minimum absolute atomic E-state index is 0.278. The second kappa shape index (κ2) is 4.97. The Balaban J connectivity index is 1.97. The number of rotatable bonds is 1. The van der Waals surface area contributed by atoms with Gasteiger partial charge in [0.1, 0.15) is 11.9 Å². The van der Waals surface area contributed by atoms with E-state index in [-0.39, 0.29) is 5.82 Å². The molecule has 2 heterocycles. The van der Waals surface area contributed by atoms with Crippen molar-refractivity contribution in [3.63, 3.8) is 0 Å². The number of aromatic nitrogens is 1. The molecule has 1 aliphatic rings. The van der Waals surface area contributed by atoms with E-state index in [4.69, 9.17) is 4.74 Å². The summed E-state index contributed by atoms with van der Waals surface area (Å²) in [5, 5.41) is 10.3. The van der Waals surface area contributed by atoms with E-state index < -0.39 is 6.10 Å². The average molecular weight is 292 g/mol. The second-order valence-electron chi connectivity index (χ2n) is 5.38. The van der Waals surface area contributed by atoms with Crippen molar-refractivity contribution >= 4 is 10.9 Å². The van der Waals surface area contributed by atoms with Crippen LogP contribution in [0.1, 0.15) is 28.5 Å². The van der Waals surface area contributed by atoms with E-state index in [1.54, 1.807) is 18.2 Å². The second-order valence-corrected chi connectivity index (χ2v) is 5.38. The zero-order valence-electron chi connectivity index (χ0n) is 11.8. The highest BCUT2D eigenvalue weighted by Gasteiger charge is 2.28. The third-order valence-corrected chi connectivity index (χ3v) is 4.17. The zero-order chi connectivity index (χ0) is 15.1. The van der Waals surface area contributed by atoms with Crippen molar-refractivity contribution in [1.82, 2.24) is 4.98 Å². The van der Waals surface area contributed by atoms with Crippen molar-refractivity contribution in [3.8, 4) is 6.07 Å². The van der Waals surface area contributed by atoms with Crippen LogP contribution in [0, 0.1) is 17.1 Å². The fraction of sp³-hybridized carbons (Fsp3) is 0.167. The Morgan fingerprint density at radius 1 is 1.18 bits per heavy atom. The fourth-order valence-corrected chi connectivity index (χ4v) is 3.21. The molecule has 3 nitrogen and oxygen atoms in total. The van der Waals surface area contributed by atoms with E-state index in [2.05, 4.69) is 11.1 Å². The number of halogens is 1. The Kier molecular flexibility index (Phi) is 2.95. The SMILES string of the molecule is N#Cc1cccc2[nH]c3c(c12)CCOC3c1ccccc1F. The molecule has 108 valence electrons. The molecule has 0 bridgehead atoms. The van der Waals surface area contributed by atoms with Crippen molar-refractivity contribution in [2.45, 2.75) is 12.5 Å². The maximum atomic E-state index is 14.1. The Morgan fingerprint density at radius 3 is 2.86 bits per heavy atom. The molecule has 0 saturated carbocycles. The number of H-pyrrole nitrogens is 1. The van der Waals surface area contributed by atoms with Gasteiger partial charge in [-0.1, -0.05) is 24.3 Å². The molecule has 4 rings (SSSR count).